The van der Waals surface area contributed by atoms with Crippen molar-refractivity contribution in [1.29, 1.82) is 0 Å². The second-order valence-electron chi connectivity index (χ2n) is 4.73. The van der Waals surface area contributed by atoms with E-state index in [1.54, 1.807) is 4.90 Å². The number of aliphatic hydroxyl groups is 1. The molecule has 1 aliphatic rings. The summed E-state index contributed by atoms with van der Waals surface area (Å²) < 4.78 is 5.24. The van der Waals surface area contributed by atoms with E-state index in [0.29, 0.717) is 25.8 Å². The van der Waals surface area contributed by atoms with E-state index in [4.69, 9.17) is 14.9 Å². The molecule has 0 saturated carbocycles. The molecule has 2 atom stereocenters. The molecule has 0 aliphatic carbocycles. The van der Waals surface area contributed by atoms with Crippen molar-refractivity contribution in [1.82, 2.24) is 4.90 Å². The molecule has 6 nitrogen and oxygen atoms in total. The average molecular weight is 259 g/mol. The number of carbonyl (C=O) groups is 2. The Bertz CT molecular complexity index is 305. The van der Waals surface area contributed by atoms with Crippen molar-refractivity contribution in [2.75, 3.05) is 13.2 Å². The van der Waals surface area contributed by atoms with E-state index in [-0.39, 0.29) is 18.6 Å². The fourth-order valence-corrected chi connectivity index (χ4v) is 2.05. The number of carbonyl (C=O) groups excluding carboxylic acids is 1. The fraction of sp³-hybridized carbons (Fsp3) is 0.833. The Morgan fingerprint density at radius 3 is 2.39 bits per heavy atom. The Balaban J connectivity index is 2.58. The minimum absolute atomic E-state index is 0.0107. The first kappa shape index (κ1) is 14.9. The van der Waals surface area contributed by atoms with Crippen LogP contribution in [0.3, 0.4) is 0 Å². The molecule has 0 aromatic heterocycles. The van der Waals surface area contributed by atoms with Gasteiger partial charge in [-0.2, -0.15) is 0 Å². The van der Waals surface area contributed by atoms with Gasteiger partial charge in [0.15, 0.2) is 6.10 Å². The van der Waals surface area contributed by atoms with E-state index >= 15 is 0 Å². The molecule has 18 heavy (non-hydrogen) atoms. The first-order valence-corrected chi connectivity index (χ1v) is 6.27. The summed E-state index contributed by atoms with van der Waals surface area (Å²) in [5, 5.41) is 17.6. The van der Waals surface area contributed by atoms with Gasteiger partial charge in [-0.05, 0) is 33.1 Å². The molecule has 1 aliphatic heterocycles. The predicted molar refractivity (Wildman–Crippen MR) is 64.1 cm³/mol. The summed E-state index contributed by atoms with van der Waals surface area (Å²) >= 11 is 0. The quantitative estimate of drug-likeness (QED) is 0.713. The molecule has 0 radical (unpaired) electrons. The Morgan fingerprint density at radius 1 is 1.33 bits per heavy atom. The highest BCUT2D eigenvalue weighted by molar-refractivity contribution is 5.83. The summed E-state index contributed by atoms with van der Waals surface area (Å²) in [6, 6.07) is 0.0107. The van der Waals surface area contributed by atoms with Crippen LogP contribution < -0.4 is 0 Å². The van der Waals surface area contributed by atoms with E-state index in [0.717, 1.165) is 0 Å². The van der Waals surface area contributed by atoms with Crippen molar-refractivity contribution in [3.8, 4) is 0 Å². The van der Waals surface area contributed by atoms with Gasteiger partial charge in [-0.15, -0.1) is 0 Å². The van der Waals surface area contributed by atoms with Crippen LogP contribution in [0, 0.1) is 0 Å². The zero-order valence-electron chi connectivity index (χ0n) is 10.8. The summed E-state index contributed by atoms with van der Waals surface area (Å²) in [6.45, 7) is 4.27. The summed E-state index contributed by atoms with van der Waals surface area (Å²) in [5.74, 6) is -1.20. The number of carboxylic acid groups (broad SMARTS) is 1. The zero-order chi connectivity index (χ0) is 13.7. The van der Waals surface area contributed by atoms with Gasteiger partial charge in [-0.3, -0.25) is 4.79 Å². The van der Waals surface area contributed by atoms with Gasteiger partial charge in [0.2, 0.25) is 0 Å². The van der Waals surface area contributed by atoms with E-state index in [1.165, 1.54) is 0 Å². The molecule has 2 unspecified atom stereocenters. The van der Waals surface area contributed by atoms with Gasteiger partial charge < -0.3 is 19.8 Å². The maximum Gasteiger partial charge on any atom is 0.332 e. The normalized spacial score (nSPS) is 23.3. The molecule has 0 aromatic rings. The third kappa shape index (κ3) is 3.68. The van der Waals surface area contributed by atoms with Crippen LogP contribution in [-0.2, 0) is 14.3 Å². The van der Waals surface area contributed by atoms with Crippen molar-refractivity contribution >= 4 is 11.9 Å². The smallest absolute Gasteiger partial charge is 0.332 e. The van der Waals surface area contributed by atoms with Crippen LogP contribution in [0.4, 0.5) is 0 Å². The van der Waals surface area contributed by atoms with Crippen molar-refractivity contribution in [2.45, 2.75) is 51.4 Å². The Kier molecular flexibility index (Phi) is 5.55. The molecule has 6 heteroatoms. The van der Waals surface area contributed by atoms with Gasteiger partial charge in [0.1, 0.15) is 6.10 Å². The van der Waals surface area contributed by atoms with Crippen molar-refractivity contribution < 1.29 is 24.5 Å². The fourth-order valence-electron chi connectivity index (χ4n) is 2.05. The molecular formula is C12H21NO5. The Hall–Kier alpha value is -1.14. The van der Waals surface area contributed by atoms with Gasteiger partial charge in [0.05, 0.1) is 0 Å². The molecule has 0 aromatic carbocycles. The Morgan fingerprint density at radius 2 is 1.94 bits per heavy atom. The van der Waals surface area contributed by atoms with Gasteiger partial charge in [0.25, 0.3) is 5.91 Å². The number of rotatable bonds is 6. The molecule has 1 amide bonds. The zero-order valence-corrected chi connectivity index (χ0v) is 10.8. The van der Waals surface area contributed by atoms with E-state index in [9.17, 15) is 9.59 Å². The maximum absolute atomic E-state index is 12.2. The summed E-state index contributed by atoms with van der Waals surface area (Å²) in [7, 11) is 0. The number of ether oxygens (including phenoxy) is 1. The van der Waals surface area contributed by atoms with Gasteiger partial charge in [-0.1, -0.05) is 0 Å². The van der Waals surface area contributed by atoms with Gasteiger partial charge in [-0.25, -0.2) is 4.79 Å². The minimum atomic E-state index is -1.02. The van der Waals surface area contributed by atoms with E-state index in [1.807, 2.05) is 13.8 Å². The van der Waals surface area contributed by atoms with Crippen LogP contribution in [0.2, 0.25) is 0 Å². The molecule has 1 saturated heterocycles. The summed E-state index contributed by atoms with van der Waals surface area (Å²) in [5.41, 5.74) is 0. The molecule has 104 valence electrons. The monoisotopic (exact) mass is 259 g/mol. The standard InChI is InChI=1S/C12H21NO5/c1-8(2)13(6-3-7-14)11(15)9-4-5-10(18-9)12(16)17/h8-10,14H,3-7H2,1-2H3,(H,16,17). The number of nitrogens with zero attached hydrogens (tertiary/aromatic N) is 1. The lowest BCUT2D eigenvalue weighted by Gasteiger charge is -2.29. The van der Waals surface area contributed by atoms with Crippen LogP contribution in [0.5, 0.6) is 0 Å². The summed E-state index contributed by atoms with van der Waals surface area (Å²) in [4.78, 5) is 24.6. The number of amides is 1. The number of aliphatic carboxylic acids is 1. The van der Waals surface area contributed by atoms with Crippen LogP contribution >= 0.6 is 0 Å². The van der Waals surface area contributed by atoms with E-state index < -0.39 is 18.2 Å². The van der Waals surface area contributed by atoms with Crippen LogP contribution in [0.1, 0.15) is 33.1 Å². The highest BCUT2D eigenvalue weighted by Gasteiger charge is 2.37. The molecular weight excluding hydrogens is 238 g/mol. The maximum atomic E-state index is 12.2. The number of hydrogen-bond acceptors (Lipinski definition) is 4. The third-order valence-electron chi connectivity index (χ3n) is 3.03. The van der Waals surface area contributed by atoms with Crippen LogP contribution in [-0.4, -0.2) is 58.4 Å². The number of hydrogen-bond donors (Lipinski definition) is 2. The predicted octanol–water partition coefficient (Wildman–Crippen LogP) is 0.238. The minimum Gasteiger partial charge on any atom is -0.479 e. The van der Waals surface area contributed by atoms with Gasteiger partial charge >= 0.3 is 5.97 Å². The third-order valence-corrected chi connectivity index (χ3v) is 3.03. The first-order valence-electron chi connectivity index (χ1n) is 6.27. The molecule has 1 fully saturated rings. The summed E-state index contributed by atoms with van der Waals surface area (Å²) in [6.07, 6.45) is -0.201. The topological polar surface area (TPSA) is 87.1 Å². The van der Waals surface area contributed by atoms with E-state index in [2.05, 4.69) is 0 Å². The lowest BCUT2D eigenvalue weighted by Crippen LogP contribution is -2.44. The average Bonchev–Trinajstić information content (AvgIpc) is 2.78. The van der Waals surface area contributed by atoms with Crippen molar-refractivity contribution in [3.63, 3.8) is 0 Å². The molecule has 1 rings (SSSR count). The van der Waals surface area contributed by atoms with Crippen LogP contribution in [0.15, 0.2) is 0 Å². The lowest BCUT2D eigenvalue weighted by atomic mass is 10.1. The number of carboxylic acids is 1. The highest BCUT2D eigenvalue weighted by atomic mass is 16.5. The second kappa shape index (κ2) is 6.70. The van der Waals surface area contributed by atoms with Crippen molar-refractivity contribution in [3.05, 3.63) is 0 Å². The first-order chi connectivity index (χ1) is 8.47. The largest absolute Gasteiger partial charge is 0.479 e. The van der Waals surface area contributed by atoms with Crippen molar-refractivity contribution in [2.24, 2.45) is 0 Å². The van der Waals surface area contributed by atoms with Crippen LogP contribution in [0.25, 0.3) is 0 Å². The number of aliphatic hydroxyl groups excluding tert-OH is 1. The molecule has 2 N–H and O–H groups in total. The molecule has 1 heterocycles. The lowest BCUT2D eigenvalue weighted by molar-refractivity contribution is -0.155. The van der Waals surface area contributed by atoms with Gasteiger partial charge in [0, 0.05) is 19.2 Å². The highest BCUT2D eigenvalue weighted by Crippen LogP contribution is 2.22. The molecule has 0 bridgehead atoms. The second-order valence-corrected chi connectivity index (χ2v) is 4.73. The SMILES string of the molecule is CC(C)N(CCCO)C(=O)C1CCC(C(=O)O)O1. The molecule has 0 spiro atoms. The Labute approximate surface area is 107 Å².